The second kappa shape index (κ2) is 3.46. The van der Waals surface area contributed by atoms with E-state index in [-0.39, 0.29) is 11.7 Å². The van der Waals surface area contributed by atoms with E-state index < -0.39 is 5.97 Å². The molecule has 4 heteroatoms. The zero-order valence-electron chi connectivity index (χ0n) is 8.49. The summed E-state index contributed by atoms with van der Waals surface area (Å²) in [7, 11) is 0. The summed E-state index contributed by atoms with van der Waals surface area (Å²) in [6.07, 6.45) is 1.87. The van der Waals surface area contributed by atoms with Crippen molar-refractivity contribution in [3.8, 4) is 5.75 Å². The van der Waals surface area contributed by atoms with E-state index in [2.05, 4.69) is 0 Å². The van der Waals surface area contributed by atoms with Gasteiger partial charge in [0.15, 0.2) is 0 Å². The van der Waals surface area contributed by atoms with Crippen LogP contribution in [-0.4, -0.2) is 17.2 Å². The zero-order chi connectivity index (χ0) is 11.0. The molecule has 0 aromatic heterocycles. The molecule has 1 aromatic carbocycles. The largest absolute Gasteiger partial charge is 0.488 e. The van der Waals surface area contributed by atoms with Crippen LogP contribution in [0.1, 0.15) is 29.3 Å². The van der Waals surface area contributed by atoms with Crippen molar-refractivity contribution in [2.45, 2.75) is 25.9 Å². The van der Waals surface area contributed by atoms with Gasteiger partial charge in [-0.3, -0.25) is 0 Å². The molecule has 1 atom stereocenters. The molecule has 1 heterocycles. The Labute approximate surface area is 87.7 Å². The minimum Gasteiger partial charge on any atom is -0.488 e. The summed E-state index contributed by atoms with van der Waals surface area (Å²) in [5.41, 5.74) is 7.29. The number of aromatic carboxylic acids is 1. The molecule has 2 rings (SSSR count). The van der Waals surface area contributed by atoms with Gasteiger partial charge >= 0.3 is 5.97 Å². The second-order valence-electron chi connectivity index (χ2n) is 3.83. The van der Waals surface area contributed by atoms with Gasteiger partial charge in [-0.2, -0.15) is 0 Å². The Morgan fingerprint density at radius 3 is 3.00 bits per heavy atom. The molecular weight excluding hydrogens is 194 g/mol. The van der Waals surface area contributed by atoms with Crippen molar-refractivity contribution in [2.24, 2.45) is 0 Å². The van der Waals surface area contributed by atoms with Crippen molar-refractivity contribution >= 4 is 11.7 Å². The molecule has 80 valence electrons. The SMILES string of the molecule is CC1CCc2cc(C(=O)O)cc(N)c2O1. The van der Waals surface area contributed by atoms with Crippen LogP contribution >= 0.6 is 0 Å². The molecule has 0 spiro atoms. The van der Waals surface area contributed by atoms with E-state index in [9.17, 15) is 4.79 Å². The minimum atomic E-state index is -0.955. The summed E-state index contributed by atoms with van der Waals surface area (Å²) in [4.78, 5) is 10.8. The van der Waals surface area contributed by atoms with Gasteiger partial charge in [0.2, 0.25) is 0 Å². The Morgan fingerprint density at radius 2 is 2.33 bits per heavy atom. The Hall–Kier alpha value is -1.71. The average Bonchev–Trinajstić information content (AvgIpc) is 2.18. The van der Waals surface area contributed by atoms with Crippen LogP contribution in [0.5, 0.6) is 5.75 Å². The van der Waals surface area contributed by atoms with Crippen LogP contribution in [0.2, 0.25) is 0 Å². The van der Waals surface area contributed by atoms with Crippen molar-refractivity contribution in [3.05, 3.63) is 23.3 Å². The number of ether oxygens (including phenoxy) is 1. The molecule has 4 nitrogen and oxygen atoms in total. The maximum absolute atomic E-state index is 10.8. The predicted octanol–water partition coefficient (Wildman–Crippen LogP) is 1.68. The van der Waals surface area contributed by atoms with E-state index in [1.165, 1.54) is 6.07 Å². The van der Waals surface area contributed by atoms with Crippen molar-refractivity contribution in [2.75, 3.05) is 5.73 Å². The molecule has 0 bridgehead atoms. The van der Waals surface area contributed by atoms with Gasteiger partial charge < -0.3 is 15.6 Å². The molecule has 0 saturated heterocycles. The van der Waals surface area contributed by atoms with Crippen molar-refractivity contribution in [1.82, 2.24) is 0 Å². The van der Waals surface area contributed by atoms with E-state index in [0.717, 1.165) is 18.4 Å². The Balaban J connectivity index is 2.48. The van der Waals surface area contributed by atoms with Crippen LogP contribution in [0.25, 0.3) is 0 Å². The van der Waals surface area contributed by atoms with Gasteiger partial charge in [0.25, 0.3) is 0 Å². The maximum Gasteiger partial charge on any atom is 0.335 e. The summed E-state index contributed by atoms with van der Waals surface area (Å²) in [5, 5.41) is 8.87. The maximum atomic E-state index is 10.8. The highest BCUT2D eigenvalue weighted by molar-refractivity contribution is 5.90. The van der Waals surface area contributed by atoms with Crippen LogP contribution < -0.4 is 10.5 Å². The third-order valence-corrected chi connectivity index (χ3v) is 2.58. The molecule has 0 amide bonds. The number of anilines is 1. The summed E-state index contributed by atoms with van der Waals surface area (Å²) in [6.45, 7) is 1.98. The number of hydrogen-bond acceptors (Lipinski definition) is 3. The number of carboxylic acid groups (broad SMARTS) is 1. The van der Waals surface area contributed by atoms with Crippen LogP contribution in [0.15, 0.2) is 12.1 Å². The summed E-state index contributed by atoms with van der Waals surface area (Å²) >= 11 is 0. The van der Waals surface area contributed by atoms with E-state index in [1.54, 1.807) is 6.07 Å². The third-order valence-electron chi connectivity index (χ3n) is 2.58. The van der Waals surface area contributed by atoms with Crippen molar-refractivity contribution in [1.29, 1.82) is 0 Å². The topological polar surface area (TPSA) is 72.5 Å². The van der Waals surface area contributed by atoms with Crippen LogP contribution in [0, 0.1) is 0 Å². The molecule has 0 fully saturated rings. The lowest BCUT2D eigenvalue weighted by Gasteiger charge is -2.24. The van der Waals surface area contributed by atoms with Gasteiger partial charge in [-0.05, 0) is 37.5 Å². The monoisotopic (exact) mass is 207 g/mol. The molecule has 0 saturated carbocycles. The summed E-state index contributed by atoms with van der Waals surface area (Å²) in [6, 6.07) is 3.08. The molecule has 1 unspecified atom stereocenters. The lowest BCUT2D eigenvalue weighted by Crippen LogP contribution is -2.20. The molecule has 1 aliphatic heterocycles. The first-order chi connectivity index (χ1) is 7.08. The fraction of sp³-hybridized carbons (Fsp3) is 0.364. The third kappa shape index (κ3) is 1.75. The number of carboxylic acids is 1. The summed E-state index contributed by atoms with van der Waals surface area (Å²) < 4.78 is 5.58. The number of aryl methyl sites for hydroxylation is 1. The van der Waals surface area contributed by atoms with Gasteiger partial charge in [0.1, 0.15) is 5.75 Å². The van der Waals surface area contributed by atoms with Gasteiger partial charge in [0.05, 0.1) is 17.4 Å². The standard InChI is InChI=1S/C11H13NO3/c1-6-2-3-7-4-8(11(13)14)5-9(12)10(7)15-6/h4-6H,2-3,12H2,1H3,(H,13,14). The van der Waals surface area contributed by atoms with Gasteiger partial charge in [-0.15, -0.1) is 0 Å². The Kier molecular flexibility index (Phi) is 2.26. The lowest BCUT2D eigenvalue weighted by atomic mass is 9.99. The molecule has 3 N–H and O–H groups in total. The fourth-order valence-corrected chi connectivity index (χ4v) is 1.79. The van der Waals surface area contributed by atoms with E-state index in [0.29, 0.717) is 11.4 Å². The van der Waals surface area contributed by atoms with Gasteiger partial charge in [0, 0.05) is 0 Å². The van der Waals surface area contributed by atoms with Crippen molar-refractivity contribution < 1.29 is 14.6 Å². The highest BCUT2D eigenvalue weighted by Crippen LogP contribution is 2.34. The van der Waals surface area contributed by atoms with Crippen LogP contribution in [0.4, 0.5) is 5.69 Å². The number of fused-ring (bicyclic) bond motifs is 1. The average molecular weight is 207 g/mol. The number of carbonyl (C=O) groups is 1. The van der Waals surface area contributed by atoms with Gasteiger partial charge in [-0.25, -0.2) is 4.79 Å². The molecule has 1 aliphatic rings. The fourth-order valence-electron chi connectivity index (χ4n) is 1.79. The lowest BCUT2D eigenvalue weighted by molar-refractivity contribution is 0.0696. The van der Waals surface area contributed by atoms with Crippen molar-refractivity contribution in [3.63, 3.8) is 0 Å². The van der Waals surface area contributed by atoms with Crippen LogP contribution in [0.3, 0.4) is 0 Å². The smallest absolute Gasteiger partial charge is 0.335 e. The van der Waals surface area contributed by atoms with E-state index in [4.69, 9.17) is 15.6 Å². The van der Waals surface area contributed by atoms with Crippen LogP contribution in [-0.2, 0) is 6.42 Å². The normalized spacial score (nSPS) is 19.1. The number of hydrogen-bond donors (Lipinski definition) is 2. The first-order valence-corrected chi connectivity index (χ1v) is 4.90. The molecule has 0 aliphatic carbocycles. The highest BCUT2D eigenvalue weighted by Gasteiger charge is 2.20. The zero-order valence-corrected chi connectivity index (χ0v) is 8.49. The number of rotatable bonds is 1. The number of nitrogen functional groups attached to an aromatic ring is 1. The molecule has 0 radical (unpaired) electrons. The molecular formula is C11H13NO3. The second-order valence-corrected chi connectivity index (χ2v) is 3.83. The number of benzene rings is 1. The molecule has 1 aromatic rings. The minimum absolute atomic E-state index is 0.149. The Morgan fingerprint density at radius 1 is 1.60 bits per heavy atom. The molecule has 15 heavy (non-hydrogen) atoms. The number of nitrogens with two attached hydrogens (primary N) is 1. The highest BCUT2D eigenvalue weighted by atomic mass is 16.5. The predicted molar refractivity (Wildman–Crippen MR) is 56.2 cm³/mol. The quantitative estimate of drug-likeness (QED) is 0.687. The first-order valence-electron chi connectivity index (χ1n) is 4.90. The van der Waals surface area contributed by atoms with Gasteiger partial charge in [-0.1, -0.05) is 0 Å². The Bertz CT molecular complexity index is 415. The first kappa shape index (κ1) is 9.83. The van der Waals surface area contributed by atoms with E-state index in [1.807, 2.05) is 6.92 Å². The van der Waals surface area contributed by atoms with E-state index >= 15 is 0 Å². The summed E-state index contributed by atoms with van der Waals surface area (Å²) in [5.74, 6) is -0.304.